The van der Waals surface area contributed by atoms with Crippen LogP contribution in [0.5, 0.6) is 0 Å². The Labute approximate surface area is 157 Å². The normalized spacial score (nSPS) is 18.3. The van der Waals surface area contributed by atoms with Crippen LogP contribution in [0.2, 0.25) is 0 Å². The zero-order chi connectivity index (χ0) is 19.7. The summed E-state index contributed by atoms with van der Waals surface area (Å²) in [6, 6.07) is 9.19. The number of hydrogen-bond donors (Lipinski definition) is 2. The Morgan fingerprint density at radius 3 is 2.00 bits per heavy atom. The van der Waals surface area contributed by atoms with Crippen molar-refractivity contribution in [2.24, 2.45) is 11.8 Å². The van der Waals surface area contributed by atoms with Crippen LogP contribution in [-0.4, -0.2) is 11.8 Å². The minimum Gasteiger partial charge on any atom is -0.325 e. The summed E-state index contributed by atoms with van der Waals surface area (Å²) in [4.78, 5) is 24.8. The van der Waals surface area contributed by atoms with Gasteiger partial charge in [0.1, 0.15) is 17.3 Å². The highest BCUT2D eigenvalue weighted by atomic mass is 19.1. The molecule has 27 heavy (non-hydrogen) atoms. The van der Waals surface area contributed by atoms with Crippen LogP contribution in [-0.2, 0) is 9.59 Å². The molecule has 3 rings (SSSR count). The van der Waals surface area contributed by atoms with E-state index in [1.165, 1.54) is 6.07 Å². The van der Waals surface area contributed by atoms with E-state index < -0.39 is 35.1 Å². The van der Waals surface area contributed by atoms with Gasteiger partial charge in [-0.3, -0.25) is 9.59 Å². The molecule has 0 spiro atoms. The first kappa shape index (κ1) is 19.0. The van der Waals surface area contributed by atoms with Crippen molar-refractivity contribution >= 4 is 23.2 Å². The highest BCUT2D eigenvalue weighted by molar-refractivity contribution is 6.03. The van der Waals surface area contributed by atoms with Gasteiger partial charge in [-0.15, -0.1) is 0 Å². The molecule has 0 aromatic heterocycles. The fourth-order valence-electron chi connectivity index (χ4n) is 3.17. The molecular weight excluding hydrogens is 350 g/mol. The molecule has 4 nitrogen and oxygen atoms in total. The lowest BCUT2D eigenvalue weighted by molar-refractivity contribution is -0.122. The van der Waals surface area contributed by atoms with Gasteiger partial charge in [0.15, 0.2) is 0 Å². The number of aryl methyl sites for hydroxylation is 1. The summed E-state index contributed by atoms with van der Waals surface area (Å²) in [5, 5.41) is 5.19. The van der Waals surface area contributed by atoms with Gasteiger partial charge in [-0.2, -0.15) is 0 Å². The van der Waals surface area contributed by atoms with E-state index in [1.807, 2.05) is 39.0 Å². The van der Waals surface area contributed by atoms with Crippen LogP contribution in [0.1, 0.15) is 37.3 Å². The molecule has 2 unspecified atom stereocenters. The third kappa shape index (κ3) is 3.99. The van der Waals surface area contributed by atoms with E-state index >= 15 is 0 Å². The zero-order valence-electron chi connectivity index (χ0n) is 15.5. The standard InChI is InChI=1S/C21H22F2N2O2/c1-11(2)13-7-4-6-12(3)18(13)24-20(26)14-10-15(14)21(27)25-19-16(22)8-5-9-17(19)23/h4-9,11,14-15H,10H2,1-3H3,(H,24,26)(H,25,27). The lowest BCUT2D eigenvalue weighted by atomic mass is 9.98. The molecule has 1 aliphatic carbocycles. The molecule has 0 heterocycles. The van der Waals surface area contributed by atoms with Gasteiger partial charge in [0.25, 0.3) is 0 Å². The smallest absolute Gasteiger partial charge is 0.228 e. The molecule has 2 atom stereocenters. The first-order valence-corrected chi connectivity index (χ1v) is 8.94. The van der Waals surface area contributed by atoms with E-state index in [-0.39, 0.29) is 11.8 Å². The number of para-hydroxylation sites is 2. The van der Waals surface area contributed by atoms with Gasteiger partial charge in [-0.1, -0.05) is 38.1 Å². The summed E-state index contributed by atoms with van der Waals surface area (Å²) in [6.07, 6.45) is 0.358. The lowest BCUT2D eigenvalue weighted by Gasteiger charge is -2.16. The minimum absolute atomic E-state index is 0.238. The molecule has 2 N–H and O–H groups in total. The van der Waals surface area contributed by atoms with Gasteiger partial charge < -0.3 is 10.6 Å². The SMILES string of the molecule is Cc1cccc(C(C)C)c1NC(=O)C1CC1C(=O)Nc1c(F)cccc1F. The molecule has 2 aromatic carbocycles. The van der Waals surface area contributed by atoms with Crippen LogP contribution in [0.4, 0.5) is 20.2 Å². The Kier molecular flexibility index (Phi) is 5.26. The van der Waals surface area contributed by atoms with E-state index in [2.05, 4.69) is 10.6 Å². The second kappa shape index (κ2) is 7.47. The second-order valence-corrected chi connectivity index (χ2v) is 7.22. The van der Waals surface area contributed by atoms with Crippen molar-refractivity contribution in [2.75, 3.05) is 10.6 Å². The van der Waals surface area contributed by atoms with Gasteiger partial charge in [-0.25, -0.2) is 8.78 Å². The van der Waals surface area contributed by atoms with Crippen LogP contribution in [0.3, 0.4) is 0 Å². The number of nitrogens with one attached hydrogen (secondary N) is 2. The summed E-state index contributed by atoms with van der Waals surface area (Å²) >= 11 is 0. The molecule has 0 saturated heterocycles. The number of rotatable bonds is 5. The largest absolute Gasteiger partial charge is 0.325 e. The topological polar surface area (TPSA) is 58.2 Å². The predicted molar refractivity (Wildman–Crippen MR) is 100 cm³/mol. The van der Waals surface area contributed by atoms with E-state index in [4.69, 9.17) is 0 Å². The molecule has 2 amide bonds. The maximum Gasteiger partial charge on any atom is 0.228 e. The summed E-state index contributed by atoms with van der Waals surface area (Å²) in [6.45, 7) is 6.00. The third-order valence-electron chi connectivity index (χ3n) is 4.85. The maximum atomic E-state index is 13.7. The summed E-state index contributed by atoms with van der Waals surface area (Å²) < 4.78 is 27.3. The van der Waals surface area contributed by atoms with E-state index in [9.17, 15) is 18.4 Å². The molecule has 1 saturated carbocycles. The van der Waals surface area contributed by atoms with Crippen molar-refractivity contribution in [3.63, 3.8) is 0 Å². The van der Waals surface area contributed by atoms with Crippen molar-refractivity contribution in [3.05, 3.63) is 59.2 Å². The van der Waals surface area contributed by atoms with Crippen LogP contribution in [0.15, 0.2) is 36.4 Å². The van der Waals surface area contributed by atoms with Gasteiger partial charge in [0, 0.05) is 5.69 Å². The Hall–Kier alpha value is -2.76. The molecule has 1 fully saturated rings. The third-order valence-corrected chi connectivity index (χ3v) is 4.85. The highest BCUT2D eigenvalue weighted by Gasteiger charge is 2.48. The quantitative estimate of drug-likeness (QED) is 0.805. The first-order valence-electron chi connectivity index (χ1n) is 8.94. The number of benzene rings is 2. The number of carbonyl (C=O) groups is 2. The van der Waals surface area contributed by atoms with Gasteiger partial charge in [-0.05, 0) is 42.5 Å². The number of hydrogen-bond acceptors (Lipinski definition) is 2. The van der Waals surface area contributed by atoms with E-state index in [1.54, 1.807) is 0 Å². The number of anilines is 2. The molecule has 0 bridgehead atoms. The first-order chi connectivity index (χ1) is 12.8. The molecule has 142 valence electrons. The monoisotopic (exact) mass is 372 g/mol. The predicted octanol–water partition coefficient (Wildman–Crippen LogP) is 4.61. The van der Waals surface area contributed by atoms with Gasteiger partial charge in [0.2, 0.25) is 11.8 Å². The molecule has 0 aliphatic heterocycles. The zero-order valence-corrected chi connectivity index (χ0v) is 15.5. The molecule has 0 radical (unpaired) electrons. The average molecular weight is 372 g/mol. The van der Waals surface area contributed by atoms with Crippen molar-refractivity contribution in [3.8, 4) is 0 Å². The van der Waals surface area contributed by atoms with Crippen molar-refractivity contribution in [1.29, 1.82) is 0 Å². The van der Waals surface area contributed by atoms with Crippen molar-refractivity contribution in [2.45, 2.75) is 33.1 Å². The minimum atomic E-state index is -0.841. The number of halogens is 2. The lowest BCUT2D eigenvalue weighted by Crippen LogP contribution is -2.22. The van der Waals surface area contributed by atoms with Crippen LogP contribution < -0.4 is 10.6 Å². The highest BCUT2D eigenvalue weighted by Crippen LogP contribution is 2.41. The van der Waals surface area contributed by atoms with Crippen LogP contribution >= 0.6 is 0 Å². The van der Waals surface area contributed by atoms with Crippen LogP contribution in [0, 0.1) is 30.4 Å². The Morgan fingerprint density at radius 2 is 1.44 bits per heavy atom. The maximum absolute atomic E-state index is 13.7. The Morgan fingerprint density at radius 1 is 0.926 bits per heavy atom. The number of carbonyl (C=O) groups excluding carboxylic acids is 2. The second-order valence-electron chi connectivity index (χ2n) is 7.22. The summed E-state index contributed by atoms with van der Waals surface area (Å²) in [5.41, 5.74) is 2.27. The molecule has 1 aliphatic rings. The molecular formula is C21H22F2N2O2. The van der Waals surface area contributed by atoms with Gasteiger partial charge >= 0.3 is 0 Å². The van der Waals surface area contributed by atoms with Crippen molar-refractivity contribution < 1.29 is 18.4 Å². The Balaban J connectivity index is 1.67. The summed E-state index contributed by atoms with van der Waals surface area (Å²) in [7, 11) is 0. The Bertz CT molecular complexity index is 875. The fraction of sp³-hybridized carbons (Fsp3) is 0.333. The van der Waals surface area contributed by atoms with Crippen molar-refractivity contribution in [1.82, 2.24) is 0 Å². The van der Waals surface area contributed by atoms with E-state index in [0.717, 1.165) is 28.9 Å². The molecule has 2 aromatic rings. The summed E-state index contributed by atoms with van der Waals surface area (Å²) in [5.74, 6) is -3.33. The van der Waals surface area contributed by atoms with Crippen LogP contribution in [0.25, 0.3) is 0 Å². The number of amides is 2. The average Bonchev–Trinajstić information content (AvgIpc) is 3.40. The molecule has 6 heteroatoms. The van der Waals surface area contributed by atoms with E-state index in [0.29, 0.717) is 6.42 Å². The van der Waals surface area contributed by atoms with Gasteiger partial charge in [0.05, 0.1) is 11.8 Å². The fourth-order valence-corrected chi connectivity index (χ4v) is 3.17.